The molecule has 1 amide bonds. The molecular weight excluding hydrogens is 495 g/mol. The monoisotopic (exact) mass is 512 g/mol. The minimum atomic E-state index is -0.365. The Morgan fingerprint density at radius 2 is 1.75 bits per heavy atom. The van der Waals surface area contributed by atoms with Crippen molar-refractivity contribution in [2.24, 2.45) is 5.73 Å². The lowest BCUT2D eigenvalue weighted by Gasteiger charge is -2.11. The van der Waals surface area contributed by atoms with Crippen LogP contribution in [0.15, 0.2) is 77.3 Å². The molecular formula is C24H19BrClFN4O. The molecule has 0 atom stereocenters. The van der Waals surface area contributed by atoms with Crippen LogP contribution in [0.1, 0.15) is 21.6 Å². The fourth-order valence-corrected chi connectivity index (χ4v) is 3.98. The van der Waals surface area contributed by atoms with Gasteiger partial charge in [-0.1, -0.05) is 48.0 Å². The van der Waals surface area contributed by atoms with Crippen LogP contribution in [0.2, 0.25) is 5.02 Å². The topological polar surface area (TPSA) is 72.9 Å². The second-order valence-electron chi connectivity index (χ2n) is 7.06. The van der Waals surface area contributed by atoms with E-state index in [9.17, 15) is 9.18 Å². The molecule has 0 aliphatic heterocycles. The number of halogens is 3. The average Bonchev–Trinajstić information content (AvgIpc) is 3.19. The van der Waals surface area contributed by atoms with Gasteiger partial charge in [-0.05, 0) is 57.9 Å². The largest absolute Gasteiger partial charge is 0.347 e. The Bertz CT molecular complexity index is 1260. The van der Waals surface area contributed by atoms with Gasteiger partial charge in [-0.15, -0.1) is 0 Å². The SMILES string of the molecule is NCc1c(C(=O)NCc2ccc(F)cc2)nn(-c2ccccc2Br)c1-c1ccc(Cl)cc1. The summed E-state index contributed by atoms with van der Waals surface area (Å²) < 4.78 is 15.7. The Hall–Kier alpha value is -3.00. The summed E-state index contributed by atoms with van der Waals surface area (Å²) >= 11 is 9.64. The Morgan fingerprint density at radius 1 is 1.06 bits per heavy atom. The third-order valence-electron chi connectivity index (χ3n) is 4.97. The van der Waals surface area contributed by atoms with Gasteiger partial charge in [0, 0.05) is 33.7 Å². The van der Waals surface area contributed by atoms with Gasteiger partial charge in [0.05, 0.1) is 11.4 Å². The van der Waals surface area contributed by atoms with Crippen LogP contribution in [-0.4, -0.2) is 15.7 Å². The van der Waals surface area contributed by atoms with Crippen molar-refractivity contribution < 1.29 is 9.18 Å². The second kappa shape index (κ2) is 9.65. The maximum absolute atomic E-state index is 13.2. The van der Waals surface area contributed by atoms with Crippen LogP contribution < -0.4 is 11.1 Å². The Labute approximate surface area is 198 Å². The fraction of sp³-hybridized carbons (Fsp3) is 0.0833. The van der Waals surface area contributed by atoms with Crippen LogP contribution in [0.25, 0.3) is 16.9 Å². The summed E-state index contributed by atoms with van der Waals surface area (Å²) in [6.45, 7) is 0.350. The number of hydrogen-bond acceptors (Lipinski definition) is 3. The molecule has 3 aromatic carbocycles. The zero-order valence-electron chi connectivity index (χ0n) is 16.9. The standard InChI is InChI=1S/C24H19BrClFN4O/c25-20-3-1-2-4-21(20)31-23(16-7-9-17(26)10-8-16)19(13-28)22(30-31)24(32)29-14-15-5-11-18(27)12-6-15/h1-12H,13-14,28H2,(H,29,32). The molecule has 0 aliphatic carbocycles. The van der Waals surface area contributed by atoms with Crippen molar-refractivity contribution in [1.29, 1.82) is 0 Å². The minimum absolute atomic E-state index is 0.113. The van der Waals surface area contributed by atoms with E-state index in [0.29, 0.717) is 16.3 Å². The van der Waals surface area contributed by atoms with Gasteiger partial charge in [-0.2, -0.15) is 5.10 Å². The molecule has 4 aromatic rings. The second-order valence-corrected chi connectivity index (χ2v) is 8.35. The lowest BCUT2D eigenvalue weighted by molar-refractivity contribution is 0.0944. The number of rotatable bonds is 6. The van der Waals surface area contributed by atoms with Crippen molar-refractivity contribution in [3.05, 3.63) is 105 Å². The summed E-state index contributed by atoms with van der Waals surface area (Å²) in [6, 6.07) is 20.8. The molecule has 0 saturated heterocycles. The molecule has 162 valence electrons. The number of carbonyl (C=O) groups is 1. The Morgan fingerprint density at radius 3 is 2.41 bits per heavy atom. The predicted octanol–water partition coefficient (Wildman–Crippen LogP) is 5.48. The van der Waals surface area contributed by atoms with Gasteiger partial charge >= 0.3 is 0 Å². The van der Waals surface area contributed by atoms with Gasteiger partial charge in [0.1, 0.15) is 5.82 Å². The van der Waals surface area contributed by atoms with Crippen molar-refractivity contribution in [2.75, 3.05) is 0 Å². The molecule has 5 nitrogen and oxygen atoms in total. The molecule has 0 radical (unpaired) electrons. The number of carbonyl (C=O) groups excluding carboxylic acids is 1. The van der Waals surface area contributed by atoms with E-state index in [1.54, 1.807) is 28.9 Å². The van der Waals surface area contributed by atoms with Gasteiger partial charge in [-0.25, -0.2) is 9.07 Å². The highest BCUT2D eigenvalue weighted by Gasteiger charge is 2.24. The molecule has 0 aliphatic rings. The van der Waals surface area contributed by atoms with Crippen LogP contribution in [0.5, 0.6) is 0 Å². The highest BCUT2D eigenvalue weighted by Crippen LogP contribution is 2.32. The number of aromatic nitrogens is 2. The summed E-state index contributed by atoms with van der Waals surface area (Å²) in [4.78, 5) is 13.1. The molecule has 4 rings (SSSR count). The molecule has 0 saturated carbocycles. The summed E-state index contributed by atoms with van der Waals surface area (Å²) in [5.74, 6) is -0.693. The van der Waals surface area contributed by atoms with Crippen LogP contribution in [0.3, 0.4) is 0 Å². The van der Waals surface area contributed by atoms with Gasteiger partial charge in [-0.3, -0.25) is 4.79 Å². The first kappa shape index (κ1) is 22.2. The molecule has 0 bridgehead atoms. The van der Waals surface area contributed by atoms with Gasteiger partial charge in [0.15, 0.2) is 5.69 Å². The van der Waals surface area contributed by atoms with Crippen LogP contribution in [0, 0.1) is 5.82 Å². The molecule has 32 heavy (non-hydrogen) atoms. The van der Waals surface area contributed by atoms with Crippen molar-refractivity contribution in [3.63, 3.8) is 0 Å². The number of nitrogens with zero attached hydrogens (tertiary/aromatic N) is 2. The first-order chi connectivity index (χ1) is 15.5. The fourth-order valence-electron chi connectivity index (χ4n) is 3.40. The number of amides is 1. The van der Waals surface area contributed by atoms with Crippen molar-refractivity contribution in [3.8, 4) is 16.9 Å². The Kier molecular flexibility index (Phi) is 6.69. The van der Waals surface area contributed by atoms with E-state index in [1.807, 2.05) is 36.4 Å². The van der Waals surface area contributed by atoms with Gasteiger partial charge < -0.3 is 11.1 Å². The van der Waals surface area contributed by atoms with Crippen molar-refractivity contribution in [2.45, 2.75) is 13.1 Å². The van der Waals surface area contributed by atoms with Crippen molar-refractivity contribution in [1.82, 2.24) is 15.1 Å². The Balaban J connectivity index is 1.78. The molecule has 0 fully saturated rings. The van der Waals surface area contributed by atoms with E-state index in [2.05, 4.69) is 26.3 Å². The lowest BCUT2D eigenvalue weighted by atomic mass is 10.0. The number of nitrogens with one attached hydrogen (secondary N) is 1. The average molecular weight is 514 g/mol. The molecule has 0 unspecified atom stereocenters. The molecule has 8 heteroatoms. The molecule has 1 aromatic heterocycles. The summed E-state index contributed by atoms with van der Waals surface area (Å²) in [7, 11) is 0. The maximum Gasteiger partial charge on any atom is 0.272 e. The maximum atomic E-state index is 13.2. The lowest BCUT2D eigenvalue weighted by Crippen LogP contribution is -2.25. The zero-order valence-corrected chi connectivity index (χ0v) is 19.2. The third kappa shape index (κ3) is 4.60. The molecule has 3 N–H and O–H groups in total. The number of benzene rings is 3. The first-order valence-electron chi connectivity index (χ1n) is 9.83. The quantitative estimate of drug-likeness (QED) is 0.358. The van der Waals surface area contributed by atoms with Crippen LogP contribution in [0.4, 0.5) is 4.39 Å². The van der Waals surface area contributed by atoms with E-state index in [0.717, 1.165) is 21.3 Å². The smallest absolute Gasteiger partial charge is 0.272 e. The van der Waals surface area contributed by atoms with Crippen LogP contribution in [-0.2, 0) is 13.1 Å². The van der Waals surface area contributed by atoms with Gasteiger partial charge in [0.25, 0.3) is 5.91 Å². The highest BCUT2D eigenvalue weighted by atomic mass is 79.9. The van der Waals surface area contributed by atoms with Gasteiger partial charge in [0.2, 0.25) is 0 Å². The van der Waals surface area contributed by atoms with E-state index in [-0.39, 0.29) is 30.5 Å². The summed E-state index contributed by atoms with van der Waals surface area (Å²) in [5.41, 5.74) is 10.0. The normalized spacial score (nSPS) is 10.9. The van der Waals surface area contributed by atoms with Crippen molar-refractivity contribution >= 4 is 33.4 Å². The molecule has 0 spiro atoms. The van der Waals surface area contributed by atoms with E-state index < -0.39 is 0 Å². The first-order valence-corrected chi connectivity index (χ1v) is 11.0. The highest BCUT2D eigenvalue weighted by molar-refractivity contribution is 9.10. The van der Waals surface area contributed by atoms with Crippen LogP contribution >= 0.6 is 27.5 Å². The number of hydrogen-bond donors (Lipinski definition) is 2. The van der Waals surface area contributed by atoms with E-state index in [1.165, 1.54) is 12.1 Å². The zero-order chi connectivity index (χ0) is 22.7. The minimum Gasteiger partial charge on any atom is -0.347 e. The number of nitrogens with two attached hydrogens (primary N) is 1. The third-order valence-corrected chi connectivity index (χ3v) is 5.89. The summed E-state index contributed by atoms with van der Waals surface area (Å²) in [6.07, 6.45) is 0. The van der Waals surface area contributed by atoms with E-state index >= 15 is 0 Å². The predicted molar refractivity (Wildman–Crippen MR) is 127 cm³/mol. The molecule has 1 heterocycles. The summed E-state index contributed by atoms with van der Waals surface area (Å²) in [5, 5.41) is 8.09. The number of para-hydroxylation sites is 1. The van der Waals surface area contributed by atoms with E-state index in [4.69, 9.17) is 17.3 Å².